The van der Waals surface area contributed by atoms with Gasteiger partial charge in [0, 0.05) is 12.0 Å². The van der Waals surface area contributed by atoms with E-state index < -0.39 is 12.1 Å². The van der Waals surface area contributed by atoms with Crippen LogP contribution in [-0.4, -0.2) is 36.5 Å². The number of aromatic hydroxyl groups is 1. The minimum Gasteiger partial charge on any atom is -0.508 e. The minimum atomic E-state index is -1.26. The van der Waals surface area contributed by atoms with Gasteiger partial charge in [0.1, 0.15) is 11.5 Å². The summed E-state index contributed by atoms with van der Waals surface area (Å²) in [6.45, 7) is 0. The average molecular weight is 226 g/mol. The quantitative estimate of drug-likeness (QED) is 0.730. The van der Waals surface area contributed by atoms with E-state index in [2.05, 4.69) is 4.74 Å². The van der Waals surface area contributed by atoms with Crippen molar-refractivity contribution in [3.63, 3.8) is 0 Å². The lowest BCUT2D eigenvalue weighted by Gasteiger charge is -2.12. The number of phenols is 1. The number of ether oxygens (including phenoxy) is 2. The first-order valence-electron chi connectivity index (χ1n) is 4.70. The molecule has 0 fully saturated rings. The normalized spacial score (nSPS) is 11.9. The highest BCUT2D eigenvalue weighted by Gasteiger charge is 2.18. The smallest absolute Gasteiger partial charge is 0.335 e. The molecule has 0 amide bonds. The van der Waals surface area contributed by atoms with E-state index in [1.807, 2.05) is 0 Å². The van der Waals surface area contributed by atoms with Gasteiger partial charge in [-0.05, 0) is 18.2 Å². The molecule has 5 nitrogen and oxygen atoms in total. The molecular formula is C11H14O5. The third-order valence-corrected chi connectivity index (χ3v) is 2.15. The molecule has 16 heavy (non-hydrogen) atoms. The van der Waals surface area contributed by atoms with Crippen molar-refractivity contribution in [2.45, 2.75) is 12.5 Å². The van der Waals surface area contributed by atoms with Crippen molar-refractivity contribution in [3.8, 4) is 11.5 Å². The Morgan fingerprint density at radius 2 is 2.12 bits per heavy atom. The Balaban J connectivity index is 2.86. The van der Waals surface area contributed by atoms with Gasteiger partial charge in [0.25, 0.3) is 0 Å². The van der Waals surface area contributed by atoms with Crippen molar-refractivity contribution in [1.29, 1.82) is 0 Å². The maximum Gasteiger partial charge on any atom is 0.335 e. The number of methoxy groups -OCH3 is 2. The summed E-state index contributed by atoms with van der Waals surface area (Å²) in [5.74, 6) is -0.168. The van der Waals surface area contributed by atoms with Crippen LogP contribution in [0.5, 0.6) is 11.5 Å². The summed E-state index contributed by atoms with van der Waals surface area (Å²) < 4.78 is 9.44. The highest BCUT2D eigenvalue weighted by Crippen LogP contribution is 2.24. The summed E-state index contributed by atoms with van der Waals surface area (Å²) in [7, 11) is 2.67. The molecule has 0 radical (unpaired) electrons. The Labute approximate surface area is 93.2 Å². The molecule has 0 saturated carbocycles. The van der Waals surface area contributed by atoms with Crippen LogP contribution < -0.4 is 4.74 Å². The summed E-state index contributed by atoms with van der Waals surface area (Å²) in [5, 5.41) is 18.8. The first kappa shape index (κ1) is 12.3. The minimum absolute atomic E-state index is 0.0320. The van der Waals surface area contributed by atoms with Gasteiger partial charge >= 0.3 is 5.97 Å². The standard InChI is InChI=1S/C11H14O5/c1-15-10-4-3-8(12)5-7(10)6-9(13)11(14)16-2/h3-5,9,12-13H,6H2,1-2H3. The predicted molar refractivity (Wildman–Crippen MR) is 56.4 cm³/mol. The summed E-state index contributed by atoms with van der Waals surface area (Å²) in [4.78, 5) is 11.0. The van der Waals surface area contributed by atoms with E-state index in [0.29, 0.717) is 11.3 Å². The Morgan fingerprint density at radius 1 is 1.44 bits per heavy atom. The van der Waals surface area contributed by atoms with Gasteiger partial charge in [0.05, 0.1) is 14.2 Å². The van der Waals surface area contributed by atoms with Gasteiger partial charge in [0.2, 0.25) is 0 Å². The average Bonchev–Trinajstić information content (AvgIpc) is 2.28. The zero-order chi connectivity index (χ0) is 12.1. The molecule has 0 aliphatic rings. The van der Waals surface area contributed by atoms with E-state index in [1.165, 1.54) is 26.4 Å². The third-order valence-electron chi connectivity index (χ3n) is 2.15. The molecule has 5 heteroatoms. The van der Waals surface area contributed by atoms with Gasteiger partial charge in [-0.25, -0.2) is 4.79 Å². The molecule has 88 valence electrons. The zero-order valence-corrected chi connectivity index (χ0v) is 9.14. The molecular weight excluding hydrogens is 212 g/mol. The lowest BCUT2D eigenvalue weighted by atomic mass is 10.1. The van der Waals surface area contributed by atoms with Crippen molar-refractivity contribution < 1.29 is 24.5 Å². The van der Waals surface area contributed by atoms with Gasteiger partial charge in [-0.15, -0.1) is 0 Å². The molecule has 0 aliphatic heterocycles. The van der Waals surface area contributed by atoms with Crippen LogP contribution in [0, 0.1) is 0 Å². The molecule has 1 unspecified atom stereocenters. The first-order chi connectivity index (χ1) is 7.58. The molecule has 0 saturated heterocycles. The van der Waals surface area contributed by atoms with E-state index >= 15 is 0 Å². The summed E-state index contributed by atoms with van der Waals surface area (Å²) in [6, 6.07) is 4.46. The van der Waals surface area contributed by atoms with Crippen molar-refractivity contribution in [1.82, 2.24) is 0 Å². The van der Waals surface area contributed by atoms with Crippen molar-refractivity contribution >= 4 is 5.97 Å². The van der Waals surface area contributed by atoms with Crippen LogP contribution in [0.1, 0.15) is 5.56 Å². The highest BCUT2D eigenvalue weighted by atomic mass is 16.5. The van der Waals surface area contributed by atoms with Crippen LogP contribution in [0.3, 0.4) is 0 Å². The van der Waals surface area contributed by atoms with E-state index in [-0.39, 0.29) is 12.2 Å². The van der Waals surface area contributed by atoms with Gasteiger partial charge in [-0.1, -0.05) is 0 Å². The van der Waals surface area contributed by atoms with Crippen LogP contribution >= 0.6 is 0 Å². The van der Waals surface area contributed by atoms with Gasteiger partial charge in [-0.2, -0.15) is 0 Å². The molecule has 0 spiro atoms. The molecule has 0 bridgehead atoms. The number of carbonyl (C=O) groups is 1. The summed E-state index contributed by atoms with van der Waals surface area (Å²) in [5.41, 5.74) is 0.542. The number of hydrogen-bond acceptors (Lipinski definition) is 5. The largest absolute Gasteiger partial charge is 0.508 e. The van der Waals surface area contributed by atoms with Crippen molar-refractivity contribution in [2.24, 2.45) is 0 Å². The van der Waals surface area contributed by atoms with Crippen molar-refractivity contribution in [3.05, 3.63) is 23.8 Å². The molecule has 1 atom stereocenters. The second-order valence-corrected chi connectivity index (χ2v) is 3.24. The van der Waals surface area contributed by atoms with Gasteiger partial charge < -0.3 is 19.7 Å². The maximum atomic E-state index is 11.0. The van der Waals surface area contributed by atoms with Gasteiger partial charge in [0.15, 0.2) is 6.10 Å². The SMILES string of the molecule is COC(=O)C(O)Cc1cc(O)ccc1OC. The molecule has 0 aliphatic carbocycles. The highest BCUT2D eigenvalue weighted by molar-refractivity contribution is 5.74. The number of hydrogen-bond donors (Lipinski definition) is 2. The molecule has 0 heterocycles. The number of phenolic OH excluding ortho intramolecular Hbond substituents is 1. The maximum absolute atomic E-state index is 11.0. The zero-order valence-electron chi connectivity index (χ0n) is 9.14. The van der Waals surface area contributed by atoms with Crippen LogP contribution in [0.25, 0.3) is 0 Å². The third kappa shape index (κ3) is 2.87. The number of rotatable bonds is 4. The molecule has 2 N–H and O–H groups in total. The first-order valence-corrected chi connectivity index (χ1v) is 4.70. The lowest BCUT2D eigenvalue weighted by Crippen LogP contribution is -2.24. The van der Waals surface area contributed by atoms with Crippen LogP contribution in [-0.2, 0) is 16.0 Å². The van der Waals surface area contributed by atoms with Crippen LogP contribution in [0.4, 0.5) is 0 Å². The Kier molecular flexibility index (Phi) is 4.13. The van der Waals surface area contributed by atoms with Crippen LogP contribution in [0.15, 0.2) is 18.2 Å². The molecule has 0 aromatic heterocycles. The molecule has 1 rings (SSSR count). The van der Waals surface area contributed by atoms with E-state index in [1.54, 1.807) is 6.07 Å². The predicted octanol–water partition coefficient (Wildman–Crippen LogP) is 0.477. The van der Waals surface area contributed by atoms with Gasteiger partial charge in [-0.3, -0.25) is 0 Å². The number of aliphatic hydroxyl groups is 1. The number of carbonyl (C=O) groups excluding carboxylic acids is 1. The van der Waals surface area contributed by atoms with Crippen molar-refractivity contribution in [2.75, 3.05) is 14.2 Å². The Morgan fingerprint density at radius 3 is 2.69 bits per heavy atom. The molecule has 1 aromatic carbocycles. The second kappa shape index (κ2) is 5.37. The fourth-order valence-electron chi connectivity index (χ4n) is 1.35. The Hall–Kier alpha value is -1.75. The second-order valence-electron chi connectivity index (χ2n) is 3.24. The molecule has 1 aromatic rings. The fraction of sp³-hybridized carbons (Fsp3) is 0.364. The number of aliphatic hydroxyl groups excluding tert-OH is 1. The van der Waals surface area contributed by atoms with Crippen LogP contribution in [0.2, 0.25) is 0 Å². The lowest BCUT2D eigenvalue weighted by molar-refractivity contribution is -0.150. The summed E-state index contributed by atoms with van der Waals surface area (Å²) >= 11 is 0. The number of esters is 1. The van der Waals surface area contributed by atoms with E-state index in [0.717, 1.165) is 0 Å². The summed E-state index contributed by atoms with van der Waals surface area (Å²) in [6.07, 6.45) is -1.23. The van der Waals surface area contributed by atoms with E-state index in [9.17, 15) is 15.0 Å². The number of benzene rings is 1. The Bertz CT molecular complexity index is 375. The van der Waals surface area contributed by atoms with E-state index in [4.69, 9.17) is 4.74 Å². The fourth-order valence-corrected chi connectivity index (χ4v) is 1.35. The monoisotopic (exact) mass is 226 g/mol. The topological polar surface area (TPSA) is 76.0 Å².